The molecule has 14 heavy (non-hydrogen) atoms. The van der Waals surface area contributed by atoms with Crippen molar-refractivity contribution >= 4 is 0 Å². The summed E-state index contributed by atoms with van der Waals surface area (Å²) in [5.74, 6) is 0.564. The smallest absolute Gasteiger partial charge is 0.0599 e. The van der Waals surface area contributed by atoms with Crippen molar-refractivity contribution in [3.63, 3.8) is 0 Å². The fourth-order valence-electron chi connectivity index (χ4n) is 1.12. The summed E-state index contributed by atoms with van der Waals surface area (Å²) in [7, 11) is 1.74. The summed E-state index contributed by atoms with van der Waals surface area (Å²) >= 11 is 0. The van der Waals surface area contributed by atoms with Gasteiger partial charge in [0.1, 0.15) is 0 Å². The van der Waals surface area contributed by atoms with Gasteiger partial charge in [-0.3, -0.25) is 0 Å². The van der Waals surface area contributed by atoms with Crippen LogP contribution in [0.2, 0.25) is 0 Å². The van der Waals surface area contributed by atoms with E-state index < -0.39 is 0 Å². The van der Waals surface area contributed by atoms with E-state index in [1.165, 1.54) is 0 Å². The zero-order valence-electron chi connectivity index (χ0n) is 10.2. The Hall–Kier alpha value is -0.120. The van der Waals surface area contributed by atoms with Gasteiger partial charge >= 0.3 is 0 Å². The zero-order chi connectivity index (χ0) is 11.0. The van der Waals surface area contributed by atoms with Gasteiger partial charge in [0.05, 0.1) is 12.2 Å². The summed E-state index contributed by atoms with van der Waals surface area (Å²) in [5, 5.41) is 3.34. The fourth-order valence-corrected chi connectivity index (χ4v) is 1.12. The molecule has 0 saturated carbocycles. The standard InChI is InChI=1S/C11H25NO2/c1-10(9-13-5)8-12-6-7-14-11(2,3)4/h10,12H,6-9H2,1-5H3. The molecule has 0 aliphatic heterocycles. The van der Waals surface area contributed by atoms with Crippen LogP contribution < -0.4 is 5.32 Å². The molecule has 0 spiro atoms. The lowest BCUT2D eigenvalue weighted by molar-refractivity contribution is -0.00120. The van der Waals surface area contributed by atoms with Crippen molar-refractivity contribution in [3.05, 3.63) is 0 Å². The third-order valence-corrected chi connectivity index (χ3v) is 1.76. The molecule has 0 aliphatic rings. The van der Waals surface area contributed by atoms with Crippen LogP contribution >= 0.6 is 0 Å². The quantitative estimate of drug-likeness (QED) is 0.639. The summed E-state index contributed by atoms with van der Waals surface area (Å²) in [5.41, 5.74) is -0.0280. The van der Waals surface area contributed by atoms with E-state index in [2.05, 4.69) is 33.0 Å². The molecule has 0 aromatic heterocycles. The normalized spacial score (nSPS) is 14.4. The average Bonchev–Trinajstić information content (AvgIpc) is 2.02. The molecule has 0 fully saturated rings. The van der Waals surface area contributed by atoms with Crippen LogP contribution in [0.3, 0.4) is 0 Å². The first kappa shape index (κ1) is 13.9. The van der Waals surface area contributed by atoms with E-state index in [0.29, 0.717) is 5.92 Å². The Labute approximate surface area is 88.2 Å². The highest BCUT2D eigenvalue weighted by atomic mass is 16.5. The summed E-state index contributed by atoms with van der Waals surface area (Å²) < 4.78 is 10.6. The average molecular weight is 203 g/mol. The highest BCUT2D eigenvalue weighted by molar-refractivity contribution is 4.60. The minimum atomic E-state index is -0.0280. The van der Waals surface area contributed by atoms with Crippen molar-refractivity contribution in [1.82, 2.24) is 5.32 Å². The lowest BCUT2D eigenvalue weighted by Crippen LogP contribution is -2.30. The molecule has 86 valence electrons. The van der Waals surface area contributed by atoms with Crippen LogP contribution in [0.5, 0.6) is 0 Å². The van der Waals surface area contributed by atoms with E-state index in [9.17, 15) is 0 Å². The third-order valence-electron chi connectivity index (χ3n) is 1.76. The van der Waals surface area contributed by atoms with Gasteiger partial charge in [-0.1, -0.05) is 6.92 Å². The SMILES string of the molecule is COCC(C)CNCCOC(C)(C)C. The van der Waals surface area contributed by atoms with Crippen molar-refractivity contribution in [1.29, 1.82) is 0 Å². The second kappa shape index (κ2) is 7.21. The van der Waals surface area contributed by atoms with Crippen LogP contribution in [-0.4, -0.2) is 39.0 Å². The Balaban J connectivity index is 3.21. The minimum Gasteiger partial charge on any atom is -0.384 e. The van der Waals surface area contributed by atoms with E-state index in [1.807, 2.05) is 0 Å². The Morgan fingerprint density at radius 1 is 1.29 bits per heavy atom. The van der Waals surface area contributed by atoms with E-state index >= 15 is 0 Å². The second-order valence-electron chi connectivity index (χ2n) is 4.73. The van der Waals surface area contributed by atoms with Crippen LogP contribution in [0.4, 0.5) is 0 Å². The molecule has 3 heteroatoms. The van der Waals surface area contributed by atoms with E-state index in [0.717, 1.165) is 26.3 Å². The zero-order valence-corrected chi connectivity index (χ0v) is 10.2. The first-order chi connectivity index (χ1) is 6.45. The lowest BCUT2D eigenvalue weighted by atomic mass is 10.2. The summed E-state index contributed by atoms with van der Waals surface area (Å²) in [4.78, 5) is 0. The molecular weight excluding hydrogens is 178 g/mol. The van der Waals surface area contributed by atoms with Crippen molar-refractivity contribution in [2.45, 2.75) is 33.3 Å². The van der Waals surface area contributed by atoms with Gasteiger partial charge in [-0.15, -0.1) is 0 Å². The van der Waals surface area contributed by atoms with Gasteiger partial charge in [-0.2, -0.15) is 0 Å². The number of hydrogen-bond donors (Lipinski definition) is 1. The largest absolute Gasteiger partial charge is 0.384 e. The highest BCUT2D eigenvalue weighted by Crippen LogP contribution is 2.05. The van der Waals surface area contributed by atoms with Crippen molar-refractivity contribution in [2.24, 2.45) is 5.92 Å². The van der Waals surface area contributed by atoms with Gasteiger partial charge in [-0.25, -0.2) is 0 Å². The molecular formula is C11H25NO2. The van der Waals surface area contributed by atoms with E-state index in [-0.39, 0.29) is 5.60 Å². The predicted molar refractivity (Wildman–Crippen MR) is 59.6 cm³/mol. The molecule has 0 aliphatic carbocycles. The third kappa shape index (κ3) is 9.96. The molecule has 3 nitrogen and oxygen atoms in total. The molecule has 0 radical (unpaired) electrons. The maximum Gasteiger partial charge on any atom is 0.0599 e. The Kier molecular flexibility index (Phi) is 7.15. The van der Waals surface area contributed by atoms with Crippen molar-refractivity contribution in [2.75, 3.05) is 33.4 Å². The monoisotopic (exact) mass is 203 g/mol. The van der Waals surface area contributed by atoms with Crippen LogP contribution in [0.25, 0.3) is 0 Å². The Morgan fingerprint density at radius 2 is 1.93 bits per heavy atom. The predicted octanol–water partition coefficient (Wildman–Crippen LogP) is 1.67. The van der Waals surface area contributed by atoms with Crippen LogP contribution in [0, 0.1) is 5.92 Å². The number of hydrogen-bond acceptors (Lipinski definition) is 3. The summed E-state index contributed by atoms with van der Waals surface area (Å²) in [6, 6.07) is 0. The lowest BCUT2D eigenvalue weighted by Gasteiger charge is -2.20. The molecule has 0 heterocycles. The molecule has 0 aromatic rings. The summed E-state index contributed by atoms with van der Waals surface area (Å²) in [6.45, 7) is 11.9. The van der Waals surface area contributed by atoms with Crippen LogP contribution in [0.1, 0.15) is 27.7 Å². The van der Waals surface area contributed by atoms with Gasteiger partial charge in [0.25, 0.3) is 0 Å². The van der Waals surface area contributed by atoms with Gasteiger partial charge in [0, 0.05) is 20.3 Å². The molecule has 0 saturated heterocycles. The van der Waals surface area contributed by atoms with Gasteiger partial charge in [0.15, 0.2) is 0 Å². The van der Waals surface area contributed by atoms with E-state index in [1.54, 1.807) is 7.11 Å². The van der Waals surface area contributed by atoms with Crippen molar-refractivity contribution < 1.29 is 9.47 Å². The number of nitrogens with one attached hydrogen (secondary N) is 1. The number of methoxy groups -OCH3 is 1. The number of ether oxygens (including phenoxy) is 2. The Morgan fingerprint density at radius 3 is 2.43 bits per heavy atom. The molecule has 1 unspecified atom stereocenters. The van der Waals surface area contributed by atoms with Crippen molar-refractivity contribution in [3.8, 4) is 0 Å². The second-order valence-corrected chi connectivity index (χ2v) is 4.73. The molecule has 0 rings (SSSR count). The van der Waals surface area contributed by atoms with Crippen LogP contribution in [-0.2, 0) is 9.47 Å². The van der Waals surface area contributed by atoms with Gasteiger partial charge < -0.3 is 14.8 Å². The van der Waals surface area contributed by atoms with Crippen LogP contribution in [0.15, 0.2) is 0 Å². The molecule has 1 atom stereocenters. The first-order valence-corrected chi connectivity index (χ1v) is 5.29. The Bertz CT molecular complexity index is 132. The van der Waals surface area contributed by atoms with E-state index in [4.69, 9.17) is 9.47 Å². The molecule has 0 amide bonds. The topological polar surface area (TPSA) is 30.5 Å². The molecule has 0 bridgehead atoms. The summed E-state index contributed by atoms with van der Waals surface area (Å²) in [6.07, 6.45) is 0. The maximum absolute atomic E-state index is 5.58. The minimum absolute atomic E-state index is 0.0280. The van der Waals surface area contributed by atoms with Gasteiger partial charge in [0.2, 0.25) is 0 Å². The highest BCUT2D eigenvalue weighted by Gasteiger charge is 2.08. The molecule has 1 N–H and O–H groups in total. The fraction of sp³-hybridized carbons (Fsp3) is 1.00. The maximum atomic E-state index is 5.58. The first-order valence-electron chi connectivity index (χ1n) is 5.29. The van der Waals surface area contributed by atoms with Gasteiger partial charge in [-0.05, 0) is 33.2 Å². The molecule has 0 aromatic carbocycles. The number of rotatable bonds is 7.